The van der Waals surface area contributed by atoms with Crippen LogP contribution in [0.5, 0.6) is 0 Å². The molecule has 2 aliphatic rings. The Labute approximate surface area is 126 Å². The Balaban J connectivity index is 1.72. The molecule has 1 saturated heterocycles. The summed E-state index contributed by atoms with van der Waals surface area (Å²) in [6.45, 7) is 0. The minimum absolute atomic E-state index is 0.346. The van der Waals surface area contributed by atoms with Gasteiger partial charge in [-0.2, -0.15) is 0 Å². The lowest BCUT2D eigenvalue weighted by Crippen LogP contribution is -2.23. The van der Waals surface area contributed by atoms with Gasteiger partial charge in [0.2, 0.25) is 5.95 Å². The molecule has 1 aliphatic carbocycles. The third kappa shape index (κ3) is 3.60. The average Bonchev–Trinajstić information content (AvgIpc) is 2.78. The standard InChI is InChI=1S/C14H16N4O2S/c19-12-11(21-14(20)18-12)8-10-6-7-15-13(17-10)16-9-4-2-1-3-5-9/h6-9H,1-5H2,(H,15,16,17)(H,18,19,20)/b11-8+. The Hall–Kier alpha value is -1.89. The van der Waals surface area contributed by atoms with Gasteiger partial charge in [-0.25, -0.2) is 9.97 Å². The van der Waals surface area contributed by atoms with Crippen LogP contribution in [-0.2, 0) is 4.79 Å². The van der Waals surface area contributed by atoms with E-state index in [1.807, 2.05) is 0 Å². The first kappa shape index (κ1) is 14.1. The fourth-order valence-corrected chi connectivity index (χ4v) is 3.17. The summed E-state index contributed by atoms with van der Waals surface area (Å²) in [7, 11) is 0. The van der Waals surface area contributed by atoms with Gasteiger partial charge in [0, 0.05) is 12.2 Å². The molecule has 110 valence electrons. The number of anilines is 1. The summed E-state index contributed by atoms with van der Waals surface area (Å²) in [6, 6.07) is 2.14. The first-order chi connectivity index (χ1) is 10.2. The summed E-state index contributed by atoms with van der Waals surface area (Å²) in [4.78, 5) is 31.6. The van der Waals surface area contributed by atoms with Crippen molar-refractivity contribution in [2.75, 3.05) is 5.32 Å². The number of rotatable bonds is 3. The van der Waals surface area contributed by atoms with Crippen LogP contribution in [0.2, 0.25) is 0 Å². The maximum absolute atomic E-state index is 11.5. The van der Waals surface area contributed by atoms with Crippen LogP contribution in [-0.4, -0.2) is 27.2 Å². The second kappa shape index (κ2) is 6.26. The van der Waals surface area contributed by atoms with Crippen molar-refractivity contribution in [1.82, 2.24) is 15.3 Å². The lowest BCUT2D eigenvalue weighted by molar-refractivity contribution is -0.115. The summed E-state index contributed by atoms with van der Waals surface area (Å²) in [5.74, 6) is 0.205. The van der Waals surface area contributed by atoms with Gasteiger partial charge in [0.1, 0.15) is 0 Å². The van der Waals surface area contributed by atoms with E-state index in [0.29, 0.717) is 22.6 Å². The highest BCUT2D eigenvalue weighted by molar-refractivity contribution is 8.18. The van der Waals surface area contributed by atoms with E-state index in [0.717, 1.165) is 24.6 Å². The van der Waals surface area contributed by atoms with Crippen LogP contribution in [0.25, 0.3) is 6.08 Å². The summed E-state index contributed by atoms with van der Waals surface area (Å²) < 4.78 is 0. The molecule has 1 aromatic heterocycles. The van der Waals surface area contributed by atoms with Gasteiger partial charge in [-0.1, -0.05) is 19.3 Å². The lowest BCUT2D eigenvalue weighted by atomic mass is 9.96. The molecular formula is C14H16N4O2S. The molecule has 2 amide bonds. The van der Waals surface area contributed by atoms with E-state index in [2.05, 4.69) is 20.6 Å². The number of amides is 2. The smallest absolute Gasteiger partial charge is 0.290 e. The molecule has 6 nitrogen and oxygen atoms in total. The van der Waals surface area contributed by atoms with Crippen LogP contribution in [0.3, 0.4) is 0 Å². The van der Waals surface area contributed by atoms with E-state index in [9.17, 15) is 9.59 Å². The molecule has 2 fully saturated rings. The predicted octanol–water partition coefficient (Wildman–Crippen LogP) is 2.55. The molecule has 2 heterocycles. The Bertz CT molecular complexity index is 596. The van der Waals surface area contributed by atoms with Crippen LogP contribution in [0.4, 0.5) is 10.7 Å². The molecule has 3 rings (SSSR count). The van der Waals surface area contributed by atoms with Crippen LogP contribution in [0.15, 0.2) is 17.2 Å². The van der Waals surface area contributed by atoms with Crippen molar-refractivity contribution in [2.45, 2.75) is 38.1 Å². The van der Waals surface area contributed by atoms with E-state index in [1.165, 1.54) is 19.3 Å². The molecule has 0 atom stereocenters. The molecule has 0 unspecified atom stereocenters. The highest BCUT2D eigenvalue weighted by Gasteiger charge is 2.25. The fourth-order valence-electron chi connectivity index (χ4n) is 2.51. The average molecular weight is 304 g/mol. The molecule has 2 N–H and O–H groups in total. The second-order valence-corrected chi connectivity index (χ2v) is 6.15. The quantitative estimate of drug-likeness (QED) is 0.835. The van der Waals surface area contributed by atoms with Crippen molar-refractivity contribution in [2.24, 2.45) is 0 Å². The highest BCUT2D eigenvalue weighted by atomic mass is 32.2. The zero-order valence-corrected chi connectivity index (χ0v) is 12.3. The maximum Gasteiger partial charge on any atom is 0.290 e. The van der Waals surface area contributed by atoms with Crippen molar-refractivity contribution in [3.63, 3.8) is 0 Å². The first-order valence-electron chi connectivity index (χ1n) is 7.05. The topological polar surface area (TPSA) is 84.0 Å². The summed E-state index contributed by atoms with van der Waals surface area (Å²) in [6.07, 6.45) is 9.32. The number of aromatic nitrogens is 2. The van der Waals surface area contributed by atoms with Crippen LogP contribution >= 0.6 is 11.8 Å². The van der Waals surface area contributed by atoms with Crippen molar-refractivity contribution in [3.8, 4) is 0 Å². The summed E-state index contributed by atoms with van der Waals surface area (Å²) in [5, 5.41) is 5.22. The normalized spacial score (nSPS) is 21.6. The van der Waals surface area contributed by atoms with Crippen molar-refractivity contribution in [3.05, 3.63) is 22.9 Å². The molecule has 21 heavy (non-hydrogen) atoms. The zero-order valence-electron chi connectivity index (χ0n) is 11.5. The summed E-state index contributed by atoms with van der Waals surface area (Å²) in [5.41, 5.74) is 0.621. The number of thioether (sulfide) groups is 1. The molecule has 1 saturated carbocycles. The van der Waals surface area contributed by atoms with Crippen LogP contribution in [0.1, 0.15) is 37.8 Å². The molecule has 1 aromatic rings. The predicted molar refractivity (Wildman–Crippen MR) is 81.6 cm³/mol. The monoisotopic (exact) mass is 304 g/mol. The number of carbonyl (C=O) groups excluding carboxylic acids is 2. The van der Waals surface area contributed by atoms with Crippen molar-refractivity contribution in [1.29, 1.82) is 0 Å². The number of hydrogen-bond donors (Lipinski definition) is 2. The molecule has 0 bridgehead atoms. The Kier molecular flexibility index (Phi) is 4.19. The fraction of sp³-hybridized carbons (Fsp3) is 0.429. The van der Waals surface area contributed by atoms with Crippen molar-refractivity contribution >= 4 is 34.9 Å². The third-order valence-electron chi connectivity index (χ3n) is 3.54. The van der Waals surface area contributed by atoms with E-state index in [4.69, 9.17) is 0 Å². The molecule has 7 heteroatoms. The molecule has 0 radical (unpaired) electrons. The number of nitrogens with one attached hydrogen (secondary N) is 2. The Morgan fingerprint density at radius 3 is 2.81 bits per heavy atom. The largest absolute Gasteiger partial charge is 0.351 e. The van der Waals surface area contributed by atoms with E-state index in [1.54, 1.807) is 18.3 Å². The second-order valence-electron chi connectivity index (χ2n) is 5.14. The van der Waals surface area contributed by atoms with Gasteiger partial charge in [-0.3, -0.25) is 14.9 Å². The molecule has 0 aromatic carbocycles. The highest BCUT2D eigenvalue weighted by Crippen LogP contribution is 2.25. The Morgan fingerprint density at radius 2 is 2.10 bits per heavy atom. The van der Waals surface area contributed by atoms with Gasteiger partial charge in [0.05, 0.1) is 10.6 Å². The first-order valence-corrected chi connectivity index (χ1v) is 7.87. The van der Waals surface area contributed by atoms with Gasteiger partial charge in [0.15, 0.2) is 0 Å². The van der Waals surface area contributed by atoms with Crippen LogP contribution in [0, 0.1) is 0 Å². The van der Waals surface area contributed by atoms with E-state index in [-0.39, 0.29) is 11.1 Å². The molecular weight excluding hydrogens is 288 g/mol. The van der Waals surface area contributed by atoms with E-state index >= 15 is 0 Å². The number of hydrogen-bond acceptors (Lipinski definition) is 6. The number of nitrogens with zero attached hydrogens (tertiary/aromatic N) is 2. The molecule has 0 spiro atoms. The Morgan fingerprint density at radius 1 is 1.29 bits per heavy atom. The van der Waals surface area contributed by atoms with Gasteiger partial charge >= 0.3 is 0 Å². The van der Waals surface area contributed by atoms with Gasteiger partial charge < -0.3 is 5.32 Å². The lowest BCUT2D eigenvalue weighted by Gasteiger charge is -2.22. The minimum atomic E-state index is -0.370. The molecule has 1 aliphatic heterocycles. The zero-order chi connectivity index (χ0) is 14.7. The summed E-state index contributed by atoms with van der Waals surface area (Å²) >= 11 is 0.891. The van der Waals surface area contributed by atoms with E-state index < -0.39 is 0 Å². The maximum atomic E-state index is 11.5. The number of imide groups is 1. The van der Waals surface area contributed by atoms with Gasteiger partial charge in [-0.05, 0) is 36.7 Å². The SMILES string of the molecule is O=C1NC(=O)/C(=C\c2ccnc(NC3CCCCC3)n2)S1. The number of carbonyl (C=O) groups is 2. The van der Waals surface area contributed by atoms with Gasteiger partial charge in [-0.15, -0.1) is 0 Å². The third-order valence-corrected chi connectivity index (χ3v) is 4.35. The van der Waals surface area contributed by atoms with Crippen molar-refractivity contribution < 1.29 is 9.59 Å². The van der Waals surface area contributed by atoms with Gasteiger partial charge in [0.25, 0.3) is 11.1 Å². The minimum Gasteiger partial charge on any atom is -0.351 e. The van der Waals surface area contributed by atoms with Crippen LogP contribution < -0.4 is 10.6 Å².